The molecule has 216 valence electrons. The van der Waals surface area contributed by atoms with Crippen LogP contribution in [0, 0.1) is 0 Å². The number of piperidine rings is 1. The van der Waals surface area contributed by atoms with Crippen LogP contribution in [0.2, 0.25) is 0 Å². The van der Waals surface area contributed by atoms with E-state index in [1.165, 1.54) is 41.3 Å². The zero-order valence-electron chi connectivity index (χ0n) is 24.3. The molecule has 2 fully saturated rings. The van der Waals surface area contributed by atoms with Crippen LogP contribution in [0.15, 0.2) is 67.0 Å². The van der Waals surface area contributed by atoms with Gasteiger partial charge in [0.25, 0.3) is 0 Å². The summed E-state index contributed by atoms with van der Waals surface area (Å²) in [4.78, 5) is 19.1. The summed E-state index contributed by atoms with van der Waals surface area (Å²) in [5.41, 5.74) is 7.67. The van der Waals surface area contributed by atoms with Crippen molar-refractivity contribution in [2.75, 3.05) is 26.8 Å². The van der Waals surface area contributed by atoms with Gasteiger partial charge in [0.15, 0.2) is 6.23 Å². The summed E-state index contributed by atoms with van der Waals surface area (Å²) in [6.07, 6.45) is 9.43. The van der Waals surface area contributed by atoms with E-state index in [4.69, 9.17) is 14.5 Å². The number of carbonyl (C=O) groups is 1. The summed E-state index contributed by atoms with van der Waals surface area (Å²) in [6.45, 7) is 3.78. The molecule has 0 amide bonds. The highest BCUT2D eigenvalue weighted by Gasteiger charge is 2.23. The lowest BCUT2D eigenvalue weighted by molar-refractivity contribution is -0.0366. The zero-order valence-corrected chi connectivity index (χ0v) is 24.3. The van der Waals surface area contributed by atoms with Crippen molar-refractivity contribution >= 4 is 27.9 Å². The average Bonchev–Trinajstić information content (AvgIpc) is 3.62. The largest absolute Gasteiger partial charge is 0.465 e. The van der Waals surface area contributed by atoms with Gasteiger partial charge in [-0.3, -0.25) is 4.90 Å². The molecule has 1 unspecified atom stereocenters. The van der Waals surface area contributed by atoms with Crippen LogP contribution in [0.1, 0.15) is 65.9 Å². The first-order chi connectivity index (χ1) is 20.6. The molecule has 2 aliphatic heterocycles. The number of aryl methyl sites for hydroxylation is 1. The summed E-state index contributed by atoms with van der Waals surface area (Å²) in [6, 6.07) is 19.0. The molecule has 7 rings (SSSR count). The number of aromatic nitrogens is 4. The minimum Gasteiger partial charge on any atom is -0.465 e. The monoisotopic (exact) mass is 563 g/mol. The van der Waals surface area contributed by atoms with Gasteiger partial charge >= 0.3 is 5.97 Å². The molecule has 0 radical (unpaired) electrons. The van der Waals surface area contributed by atoms with Crippen LogP contribution >= 0.6 is 0 Å². The fourth-order valence-corrected chi connectivity index (χ4v) is 6.70. The molecule has 42 heavy (non-hydrogen) atoms. The molecule has 8 nitrogen and oxygen atoms in total. The Labute approximate surface area is 245 Å². The third kappa shape index (κ3) is 4.99. The molecule has 3 aromatic heterocycles. The van der Waals surface area contributed by atoms with Gasteiger partial charge in [0, 0.05) is 42.9 Å². The Kier molecular flexibility index (Phi) is 7.25. The predicted molar refractivity (Wildman–Crippen MR) is 163 cm³/mol. The Hall–Kier alpha value is -4.01. The Balaban J connectivity index is 1.08. The Morgan fingerprint density at radius 1 is 1.02 bits per heavy atom. The van der Waals surface area contributed by atoms with E-state index >= 15 is 0 Å². The Morgan fingerprint density at radius 3 is 2.62 bits per heavy atom. The van der Waals surface area contributed by atoms with Crippen molar-refractivity contribution in [3.63, 3.8) is 0 Å². The van der Waals surface area contributed by atoms with Gasteiger partial charge in [-0.25, -0.2) is 14.5 Å². The van der Waals surface area contributed by atoms with Crippen LogP contribution < -0.4 is 0 Å². The molecule has 5 heterocycles. The molecule has 8 heteroatoms. The number of ether oxygens (including phenoxy) is 2. The number of fused-ring (bicyclic) bond motifs is 2. The van der Waals surface area contributed by atoms with E-state index in [2.05, 4.69) is 64.1 Å². The number of methoxy groups -OCH3 is 1. The highest BCUT2D eigenvalue weighted by Crippen LogP contribution is 2.34. The smallest absolute Gasteiger partial charge is 0.337 e. The summed E-state index contributed by atoms with van der Waals surface area (Å²) < 4.78 is 15.1. The fourth-order valence-electron chi connectivity index (χ4n) is 6.70. The second-order valence-electron chi connectivity index (χ2n) is 11.6. The highest BCUT2D eigenvalue weighted by molar-refractivity contribution is 5.96. The van der Waals surface area contributed by atoms with Gasteiger partial charge in [0.2, 0.25) is 0 Å². The van der Waals surface area contributed by atoms with Gasteiger partial charge in [-0.1, -0.05) is 18.2 Å². The standard InChI is InChI=1S/C34H37N5O3/c1-37-28(22-38-16-13-24(14-17-38)23-6-8-25(9-7-23)34(40)41-2)20-30-29(12-15-35-33(30)37)26-10-11-31-27(19-26)21-36-39(31)32-5-3-4-18-42-32/h6-12,15,19-21,24,32H,3-5,13-14,16-18,22H2,1-2H3. The van der Waals surface area contributed by atoms with Crippen molar-refractivity contribution in [2.45, 2.75) is 50.8 Å². The summed E-state index contributed by atoms with van der Waals surface area (Å²) in [7, 11) is 3.54. The lowest BCUT2D eigenvalue weighted by atomic mass is 9.89. The average molecular weight is 564 g/mol. The topological polar surface area (TPSA) is 74.4 Å². The van der Waals surface area contributed by atoms with E-state index in [-0.39, 0.29) is 12.2 Å². The van der Waals surface area contributed by atoms with E-state index in [0.29, 0.717) is 11.5 Å². The minimum absolute atomic E-state index is 0.0311. The molecule has 0 saturated carbocycles. The molecule has 0 spiro atoms. The van der Waals surface area contributed by atoms with Gasteiger partial charge in [-0.15, -0.1) is 0 Å². The van der Waals surface area contributed by atoms with E-state index in [1.807, 2.05) is 29.2 Å². The van der Waals surface area contributed by atoms with Crippen molar-refractivity contribution in [2.24, 2.45) is 7.05 Å². The number of carbonyl (C=O) groups excluding carboxylic acids is 1. The SMILES string of the molecule is COC(=O)c1ccc(C2CCN(Cc3cc4c(-c5ccc6c(cnn6C6CCCCO6)c5)ccnc4n3C)CC2)cc1. The van der Waals surface area contributed by atoms with Crippen LogP contribution in [0.25, 0.3) is 33.1 Å². The van der Waals surface area contributed by atoms with Crippen molar-refractivity contribution in [3.8, 4) is 11.1 Å². The quantitative estimate of drug-likeness (QED) is 0.221. The lowest BCUT2D eigenvalue weighted by Gasteiger charge is -2.32. The third-order valence-electron chi connectivity index (χ3n) is 9.14. The summed E-state index contributed by atoms with van der Waals surface area (Å²) in [5, 5.41) is 7.00. The van der Waals surface area contributed by atoms with Crippen molar-refractivity contribution < 1.29 is 14.3 Å². The molecular weight excluding hydrogens is 526 g/mol. The third-order valence-corrected chi connectivity index (χ3v) is 9.14. The van der Waals surface area contributed by atoms with Gasteiger partial charge in [-0.2, -0.15) is 5.10 Å². The number of benzene rings is 2. The van der Waals surface area contributed by atoms with Crippen molar-refractivity contribution in [1.82, 2.24) is 24.2 Å². The maximum atomic E-state index is 11.8. The molecule has 2 aromatic carbocycles. The summed E-state index contributed by atoms with van der Waals surface area (Å²) in [5.74, 6) is 0.225. The maximum absolute atomic E-state index is 11.8. The molecular formula is C34H37N5O3. The molecule has 2 aliphatic rings. The Bertz CT molecular complexity index is 1720. The first-order valence-electron chi connectivity index (χ1n) is 15.0. The molecule has 0 aliphatic carbocycles. The van der Waals surface area contributed by atoms with Gasteiger partial charge < -0.3 is 14.0 Å². The predicted octanol–water partition coefficient (Wildman–Crippen LogP) is 6.46. The molecule has 0 bridgehead atoms. The molecule has 5 aromatic rings. The fraction of sp³-hybridized carbons (Fsp3) is 0.382. The van der Waals surface area contributed by atoms with Crippen molar-refractivity contribution in [1.29, 1.82) is 0 Å². The zero-order chi connectivity index (χ0) is 28.6. The first kappa shape index (κ1) is 26.9. The van der Waals surface area contributed by atoms with Crippen LogP contribution in [-0.2, 0) is 23.1 Å². The second-order valence-corrected chi connectivity index (χ2v) is 11.6. The van der Waals surface area contributed by atoms with E-state index in [0.717, 1.165) is 68.5 Å². The van der Waals surface area contributed by atoms with Crippen LogP contribution in [0.4, 0.5) is 0 Å². The number of rotatable bonds is 6. The lowest BCUT2D eigenvalue weighted by Crippen LogP contribution is -2.33. The maximum Gasteiger partial charge on any atom is 0.337 e. The van der Waals surface area contributed by atoms with Crippen molar-refractivity contribution in [3.05, 3.63) is 83.8 Å². The van der Waals surface area contributed by atoms with Gasteiger partial charge in [0.05, 0.1) is 24.4 Å². The van der Waals surface area contributed by atoms with Gasteiger partial charge in [0.1, 0.15) is 5.65 Å². The second kappa shape index (κ2) is 11.3. The first-order valence-corrected chi connectivity index (χ1v) is 15.0. The van der Waals surface area contributed by atoms with Gasteiger partial charge in [-0.05, 0) is 104 Å². The number of nitrogens with zero attached hydrogens (tertiary/aromatic N) is 5. The number of hydrogen-bond acceptors (Lipinski definition) is 6. The molecule has 2 saturated heterocycles. The van der Waals surface area contributed by atoms with Crippen LogP contribution in [0.3, 0.4) is 0 Å². The molecule has 0 N–H and O–H groups in total. The number of esters is 1. The Morgan fingerprint density at radius 2 is 1.86 bits per heavy atom. The number of hydrogen-bond donors (Lipinski definition) is 0. The normalized spacial score (nSPS) is 18.6. The number of likely N-dealkylation sites (tertiary alicyclic amines) is 1. The van der Waals surface area contributed by atoms with E-state index in [1.54, 1.807) is 0 Å². The molecule has 1 atom stereocenters. The van der Waals surface area contributed by atoms with Crippen LogP contribution in [0.5, 0.6) is 0 Å². The highest BCUT2D eigenvalue weighted by atomic mass is 16.5. The van der Waals surface area contributed by atoms with E-state index < -0.39 is 0 Å². The van der Waals surface area contributed by atoms with Crippen LogP contribution in [-0.4, -0.2) is 57.0 Å². The van der Waals surface area contributed by atoms with E-state index in [9.17, 15) is 4.79 Å². The summed E-state index contributed by atoms with van der Waals surface area (Å²) >= 11 is 0. The number of pyridine rings is 1. The minimum atomic E-state index is -0.287.